The van der Waals surface area contributed by atoms with E-state index in [2.05, 4.69) is 20.5 Å². The number of hydrogen-bond donors (Lipinski definition) is 2. The van der Waals surface area contributed by atoms with E-state index in [1.165, 1.54) is 0 Å². The van der Waals surface area contributed by atoms with Crippen molar-refractivity contribution in [2.75, 3.05) is 31.6 Å². The van der Waals surface area contributed by atoms with Crippen molar-refractivity contribution in [2.45, 2.75) is 0 Å². The maximum atomic E-state index is 12.4. The Bertz CT molecular complexity index is 853. The average Bonchev–Trinajstić information content (AvgIpc) is 3.10. The maximum Gasteiger partial charge on any atom is 0.255 e. The number of H-pyrrole nitrogens is 1. The summed E-state index contributed by atoms with van der Waals surface area (Å²) in [6, 6.07) is 9.51. The van der Waals surface area contributed by atoms with Crippen molar-refractivity contribution in [3.05, 3.63) is 48.3 Å². The minimum absolute atomic E-state index is 0.00262. The second kappa shape index (κ2) is 6.29. The van der Waals surface area contributed by atoms with Crippen molar-refractivity contribution >= 4 is 28.3 Å². The van der Waals surface area contributed by atoms with Crippen LogP contribution in [-0.2, 0) is 4.74 Å². The number of carbonyl (C=O) groups excluding carboxylic acids is 1. The number of ether oxygens (including phenoxy) is 1. The number of nitrogens with zero attached hydrogens (tertiary/aromatic N) is 3. The Balaban J connectivity index is 1.47. The Kier molecular flexibility index (Phi) is 3.84. The van der Waals surface area contributed by atoms with E-state index in [1.807, 2.05) is 24.3 Å². The highest BCUT2D eigenvalue weighted by atomic mass is 16.5. The standard InChI is InChI=1S/C17H17N5O2/c23-17(22-5-7-24-8-6-22)12-1-4-16(18-10-12)20-14-2-3-15-13(9-14)11-19-21-15/h1-4,9-11H,5-8H2,(H,18,20)(H,19,21). The number of nitrogens with one attached hydrogen (secondary N) is 2. The molecule has 24 heavy (non-hydrogen) atoms. The van der Waals surface area contributed by atoms with Crippen LogP contribution in [0.1, 0.15) is 10.4 Å². The molecule has 1 amide bonds. The number of pyridine rings is 1. The highest BCUT2D eigenvalue weighted by Crippen LogP contribution is 2.20. The van der Waals surface area contributed by atoms with E-state index in [0.29, 0.717) is 37.7 Å². The van der Waals surface area contributed by atoms with Crippen molar-refractivity contribution in [1.82, 2.24) is 20.1 Å². The first-order chi connectivity index (χ1) is 11.8. The van der Waals surface area contributed by atoms with Crippen LogP contribution in [0.25, 0.3) is 10.9 Å². The minimum Gasteiger partial charge on any atom is -0.378 e. The van der Waals surface area contributed by atoms with E-state index in [1.54, 1.807) is 23.4 Å². The number of carbonyl (C=O) groups is 1. The molecule has 0 bridgehead atoms. The first-order valence-corrected chi connectivity index (χ1v) is 7.83. The van der Waals surface area contributed by atoms with Gasteiger partial charge in [-0.1, -0.05) is 0 Å². The van der Waals surface area contributed by atoms with Gasteiger partial charge in [-0.3, -0.25) is 9.89 Å². The molecule has 1 aliphatic heterocycles. The molecule has 2 N–H and O–H groups in total. The van der Waals surface area contributed by atoms with Crippen LogP contribution in [0, 0.1) is 0 Å². The Morgan fingerprint density at radius 3 is 2.83 bits per heavy atom. The van der Waals surface area contributed by atoms with E-state index < -0.39 is 0 Å². The third-order valence-corrected chi connectivity index (χ3v) is 4.02. The lowest BCUT2D eigenvalue weighted by atomic mass is 10.2. The Labute approximate surface area is 138 Å². The van der Waals surface area contributed by atoms with Crippen LogP contribution in [0.3, 0.4) is 0 Å². The van der Waals surface area contributed by atoms with Crippen molar-refractivity contribution in [3.63, 3.8) is 0 Å². The van der Waals surface area contributed by atoms with Crippen LogP contribution in [0.15, 0.2) is 42.7 Å². The maximum absolute atomic E-state index is 12.4. The molecule has 3 heterocycles. The Morgan fingerprint density at radius 2 is 2.04 bits per heavy atom. The molecule has 3 aromatic rings. The minimum atomic E-state index is -0.00262. The number of aromatic amines is 1. The van der Waals surface area contributed by atoms with E-state index >= 15 is 0 Å². The number of morpholine rings is 1. The van der Waals surface area contributed by atoms with E-state index in [9.17, 15) is 4.79 Å². The number of anilines is 2. The van der Waals surface area contributed by atoms with Crippen LogP contribution in [0.2, 0.25) is 0 Å². The molecule has 0 saturated carbocycles. The summed E-state index contributed by atoms with van der Waals surface area (Å²) in [5, 5.41) is 11.2. The summed E-state index contributed by atoms with van der Waals surface area (Å²) in [6.45, 7) is 2.44. The van der Waals surface area contributed by atoms with E-state index in [4.69, 9.17) is 4.74 Å². The fourth-order valence-corrected chi connectivity index (χ4v) is 2.71. The SMILES string of the molecule is O=C(c1ccc(Nc2ccc3[nH]ncc3c2)nc1)N1CCOCC1. The molecule has 0 spiro atoms. The lowest BCUT2D eigenvalue weighted by Crippen LogP contribution is -2.40. The van der Waals surface area contributed by atoms with Gasteiger partial charge in [-0.2, -0.15) is 5.10 Å². The van der Waals surface area contributed by atoms with Crippen molar-refractivity contribution in [1.29, 1.82) is 0 Å². The molecule has 0 aliphatic carbocycles. The van der Waals surface area contributed by atoms with E-state index in [-0.39, 0.29) is 5.91 Å². The quantitative estimate of drug-likeness (QED) is 0.772. The van der Waals surface area contributed by atoms with Crippen molar-refractivity contribution in [3.8, 4) is 0 Å². The van der Waals surface area contributed by atoms with Crippen LogP contribution < -0.4 is 5.32 Å². The molecule has 1 aromatic carbocycles. The van der Waals surface area contributed by atoms with Gasteiger partial charge < -0.3 is 15.0 Å². The number of amides is 1. The second-order valence-electron chi connectivity index (χ2n) is 5.63. The topological polar surface area (TPSA) is 83.1 Å². The zero-order valence-corrected chi connectivity index (χ0v) is 13.0. The lowest BCUT2D eigenvalue weighted by Gasteiger charge is -2.26. The molecule has 122 valence electrons. The third kappa shape index (κ3) is 2.93. The van der Waals surface area contributed by atoms with Crippen molar-refractivity contribution < 1.29 is 9.53 Å². The first-order valence-electron chi connectivity index (χ1n) is 7.83. The molecule has 1 fully saturated rings. The van der Waals surface area contributed by atoms with Crippen LogP contribution in [-0.4, -0.2) is 52.3 Å². The third-order valence-electron chi connectivity index (χ3n) is 4.02. The molecule has 7 heteroatoms. The van der Waals surface area contributed by atoms with Gasteiger partial charge in [0.1, 0.15) is 5.82 Å². The average molecular weight is 323 g/mol. The van der Waals surface area contributed by atoms with Gasteiger partial charge in [0, 0.05) is 30.4 Å². The smallest absolute Gasteiger partial charge is 0.255 e. The summed E-state index contributed by atoms with van der Waals surface area (Å²) in [5.74, 6) is 0.688. The van der Waals surface area contributed by atoms with E-state index in [0.717, 1.165) is 16.6 Å². The zero-order valence-electron chi connectivity index (χ0n) is 13.0. The first kappa shape index (κ1) is 14.6. The summed E-state index contributed by atoms with van der Waals surface area (Å²) in [5.41, 5.74) is 2.50. The van der Waals surface area contributed by atoms with Crippen LogP contribution >= 0.6 is 0 Å². The van der Waals surface area contributed by atoms with Crippen molar-refractivity contribution in [2.24, 2.45) is 0 Å². The molecule has 4 rings (SSSR count). The molecule has 7 nitrogen and oxygen atoms in total. The zero-order chi connectivity index (χ0) is 16.4. The highest BCUT2D eigenvalue weighted by molar-refractivity contribution is 5.94. The predicted molar refractivity (Wildman–Crippen MR) is 90.3 cm³/mol. The predicted octanol–water partition coefficient (Wildman–Crippen LogP) is 2.17. The summed E-state index contributed by atoms with van der Waals surface area (Å²) < 4.78 is 5.27. The number of fused-ring (bicyclic) bond motifs is 1. The normalized spacial score (nSPS) is 14.8. The van der Waals surface area contributed by atoms with Gasteiger partial charge >= 0.3 is 0 Å². The molecule has 0 atom stereocenters. The van der Waals surface area contributed by atoms with Gasteiger partial charge in [0.05, 0.1) is 30.5 Å². The van der Waals surface area contributed by atoms with Crippen LogP contribution in [0.4, 0.5) is 11.5 Å². The van der Waals surface area contributed by atoms with Gasteiger partial charge in [0.2, 0.25) is 0 Å². The van der Waals surface area contributed by atoms with Gasteiger partial charge in [0.25, 0.3) is 5.91 Å². The monoisotopic (exact) mass is 323 g/mol. The Hall–Kier alpha value is -2.93. The number of benzene rings is 1. The van der Waals surface area contributed by atoms with Crippen LogP contribution in [0.5, 0.6) is 0 Å². The highest BCUT2D eigenvalue weighted by Gasteiger charge is 2.18. The Morgan fingerprint density at radius 1 is 1.17 bits per heavy atom. The van der Waals surface area contributed by atoms with Gasteiger partial charge in [-0.05, 0) is 30.3 Å². The summed E-state index contributed by atoms with van der Waals surface area (Å²) in [6.07, 6.45) is 3.38. The summed E-state index contributed by atoms with van der Waals surface area (Å²) in [4.78, 5) is 18.5. The molecule has 0 radical (unpaired) electrons. The molecule has 1 saturated heterocycles. The summed E-state index contributed by atoms with van der Waals surface area (Å²) in [7, 11) is 0. The number of aromatic nitrogens is 3. The molecule has 1 aliphatic rings. The fraction of sp³-hybridized carbons (Fsp3) is 0.235. The fourth-order valence-electron chi connectivity index (χ4n) is 2.71. The number of hydrogen-bond acceptors (Lipinski definition) is 5. The van der Waals surface area contributed by atoms with Gasteiger partial charge in [-0.15, -0.1) is 0 Å². The van der Waals surface area contributed by atoms with Gasteiger partial charge in [-0.25, -0.2) is 4.98 Å². The largest absolute Gasteiger partial charge is 0.378 e. The second-order valence-corrected chi connectivity index (χ2v) is 5.63. The lowest BCUT2D eigenvalue weighted by molar-refractivity contribution is 0.0302. The molecular formula is C17H17N5O2. The van der Waals surface area contributed by atoms with Gasteiger partial charge in [0.15, 0.2) is 0 Å². The molecule has 2 aromatic heterocycles. The molecular weight excluding hydrogens is 306 g/mol. The summed E-state index contributed by atoms with van der Waals surface area (Å²) >= 11 is 0. The molecule has 0 unspecified atom stereocenters. The number of rotatable bonds is 3.